The van der Waals surface area contributed by atoms with Crippen LogP contribution >= 0.6 is 15.9 Å². The van der Waals surface area contributed by atoms with E-state index in [1.54, 1.807) is 0 Å². The van der Waals surface area contributed by atoms with Gasteiger partial charge in [-0.2, -0.15) is 0 Å². The Labute approximate surface area is 92.2 Å². The third kappa shape index (κ3) is 1.06. The summed E-state index contributed by atoms with van der Waals surface area (Å²) in [7, 11) is 0. The Morgan fingerprint density at radius 3 is 2.79 bits per heavy atom. The smallest absolute Gasteiger partial charge is 0.169 e. The minimum atomic E-state index is 0.0543. The van der Waals surface area contributed by atoms with Gasteiger partial charge in [-0.3, -0.25) is 0 Å². The number of halogens is 1. The normalized spacial score (nSPS) is 26.2. The van der Waals surface area contributed by atoms with Crippen LogP contribution in [-0.2, 0) is 11.0 Å². The van der Waals surface area contributed by atoms with E-state index < -0.39 is 0 Å². The van der Waals surface area contributed by atoms with E-state index in [0.29, 0.717) is 5.41 Å². The molecule has 0 radical (unpaired) electrons. The van der Waals surface area contributed by atoms with Gasteiger partial charge in [-0.05, 0) is 48.7 Å². The van der Waals surface area contributed by atoms with E-state index in [1.807, 2.05) is 0 Å². The summed E-state index contributed by atoms with van der Waals surface area (Å²) in [6, 6.07) is 2.11. The molecule has 0 aromatic carbocycles. The maximum absolute atomic E-state index is 5.80. The lowest BCUT2D eigenvalue weighted by molar-refractivity contribution is 0.303. The van der Waals surface area contributed by atoms with Crippen LogP contribution in [0.1, 0.15) is 38.0 Å². The zero-order valence-electron chi connectivity index (χ0n) is 8.48. The standard InChI is InChI=1S/C11H14BrNO/c1-10(2)7-5-8(12)14-9(7)11(3-4-11)6-13-10/h5,13H,3-4,6H2,1-2H3. The van der Waals surface area contributed by atoms with E-state index in [4.69, 9.17) is 4.42 Å². The molecule has 0 bridgehead atoms. The van der Waals surface area contributed by atoms with Crippen LogP contribution in [0.4, 0.5) is 0 Å². The second kappa shape index (κ2) is 2.45. The summed E-state index contributed by atoms with van der Waals surface area (Å²) < 4.78 is 6.66. The number of hydrogen-bond acceptors (Lipinski definition) is 2. The van der Waals surface area contributed by atoms with Crippen LogP contribution in [0.2, 0.25) is 0 Å². The second-order valence-corrected chi connectivity index (χ2v) is 5.83. The molecule has 1 aliphatic carbocycles. The van der Waals surface area contributed by atoms with Crippen molar-refractivity contribution in [1.82, 2.24) is 5.32 Å². The number of fused-ring (bicyclic) bond motifs is 2. The summed E-state index contributed by atoms with van der Waals surface area (Å²) in [5, 5.41) is 3.60. The molecule has 1 fully saturated rings. The molecule has 1 aromatic heterocycles. The van der Waals surface area contributed by atoms with Crippen LogP contribution in [0, 0.1) is 0 Å². The van der Waals surface area contributed by atoms with Crippen molar-refractivity contribution in [3.05, 3.63) is 22.1 Å². The highest BCUT2D eigenvalue weighted by atomic mass is 79.9. The Morgan fingerprint density at radius 2 is 2.14 bits per heavy atom. The van der Waals surface area contributed by atoms with Crippen molar-refractivity contribution < 1.29 is 4.42 Å². The molecule has 0 unspecified atom stereocenters. The highest BCUT2D eigenvalue weighted by Crippen LogP contribution is 2.54. The first-order valence-corrected chi connectivity index (χ1v) is 5.88. The summed E-state index contributed by atoms with van der Waals surface area (Å²) in [5.74, 6) is 1.22. The van der Waals surface area contributed by atoms with E-state index in [0.717, 1.165) is 11.2 Å². The van der Waals surface area contributed by atoms with Gasteiger partial charge in [0.2, 0.25) is 0 Å². The molecule has 3 rings (SSSR count). The lowest BCUT2D eigenvalue weighted by Crippen LogP contribution is -2.46. The summed E-state index contributed by atoms with van der Waals surface area (Å²) in [5.41, 5.74) is 1.71. The van der Waals surface area contributed by atoms with E-state index >= 15 is 0 Å². The van der Waals surface area contributed by atoms with Crippen LogP contribution in [-0.4, -0.2) is 6.54 Å². The fraction of sp³-hybridized carbons (Fsp3) is 0.636. The SMILES string of the molecule is CC1(C)NCC2(CC2)c2oc(Br)cc21. The molecule has 0 atom stereocenters. The van der Waals surface area contributed by atoms with Crippen molar-refractivity contribution in [3.63, 3.8) is 0 Å². The van der Waals surface area contributed by atoms with Crippen LogP contribution < -0.4 is 5.32 Å². The lowest BCUT2D eigenvalue weighted by atomic mass is 9.84. The molecule has 2 aliphatic rings. The fourth-order valence-corrected chi connectivity index (χ4v) is 2.73. The third-order valence-corrected chi connectivity index (χ3v) is 3.97. The second-order valence-electron chi connectivity index (χ2n) is 5.05. The Balaban J connectivity index is 2.19. The van der Waals surface area contributed by atoms with Gasteiger partial charge in [-0.25, -0.2) is 0 Å². The van der Waals surface area contributed by atoms with Crippen LogP contribution in [0.15, 0.2) is 15.2 Å². The molecule has 2 heterocycles. The maximum atomic E-state index is 5.80. The Kier molecular flexibility index (Phi) is 1.57. The van der Waals surface area contributed by atoms with Crippen molar-refractivity contribution in [2.75, 3.05) is 6.54 Å². The predicted molar refractivity (Wildman–Crippen MR) is 58.3 cm³/mol. The van der Waals surface area contributed by atoms with Crippen molar-refractivity contribution in [3.8, 4) is 0 Å². The molecule has 3 heteroatoms. The van der Waals surface area contributed by atoms with Crippen LogP contribution in [0.5, 0.6) is 0 Å². The van der Waals surface area contributed by atoms with Crippen molar-refractivity contribution >= 4 is 15.9 Å². The van der Waals surface area contributed by atoms with Crippen molar-refractivity contribution in [2.24, 2.45) is 0 Å². The monoisotopic (exact) mass is 255 g/mol. The third-order valence-electron chi connectivity index (χ3n) is 3.58. The fourth-order valence-electron chi connectivity index (χ4n) is 2.34. The Bertz CT molecular complexity index is 366. The van der Waals surface area contributed by atoms with Gasteiger partial charge in [-0.15, -0.1) is 0 Å². The van der Waals surface area contributed by atoms with Gasteiger partial charge in [0.1, 0.15) is 5.76 Å². The van der Waals surface area contributed by atoms with Gasteiger partial charge in [0, 0.05) is 23.1 Å². The molecule has 1 aromatic rings. The maximum Gasteiger partial charge on any atom is 0.169 e. The highest BCUT2D eigenvalue weighted by Gasteiger charge is 2.53. The quantitative estimate of drug-likeness (QED) is 0.772. The first kappa shape index (κ1) is 8.98. The summed E-state index contributed by atoms with van der Waals surface area (Å²) >= 11 is 3.43. The summed E-state index contributed by atoms with van der Waals surface area (Å²) in [6.45, 7) is 5.49. The zero-order valence-corrected chi connectivity index (χ0v) is 10.1. The predicted octanol–water partition coefficient (Wildman–Crippen LogP) is 2.91. The topological polar surface area (TPSA) is 25.2 Å². The number of rotatable bonds is 0. The summed E-state index contributed by atoms with van der Waals surface area (Å²) in [4.78, 5) is 0. The number of furan rings is 1. The minimum absolute atomic E-state index is 0.0543. The first-order chi connectivity index (χ1) is 6.54. The van der Waals surface area contributed by atoms with Gasteiger partial charge in [0.15, 0.2) is 4.67 Å². The van der Waals surface area contributed by atoms with E-state index in [9.17, 15) is 0 Å². The molecule has 0 amide bonds. The molecule has 1 aliphatic heterocycles. The Hall–Kier alpha value is -0.280. The number of hydrogen-bond donors (Lipinski definition) is 1. The van der Waals surface area contributed by atoms with E-state index in [-0.39, 0.29) is 5.54 Å². The molecule has 1 N–H and O–H groups in total. The minimum Gasteiger partial charge on any atom is -0.453 e. The van der Waals surface area contributed by atoms with Crippen LogP contribution in [0.3, 0.4) is 0 Å². The van der Waals surface area contributed by atoms with Gasteiger partial charge in [0.25, 0.3) is 0 Å². The van der Waals surface area contributed by atoms with Crippen LogP contribution in [0.25, 0.3) is 0 Å². The first-order valence-electron chi connectivity index (χ1n) is 5.09. The van der Waals surface area contributed by atoms with E-state index in [2.05, 4.69) is 41.2 Å². The lowest BCUT2D eigenvalue weighted by Gasteiger charge is -2.35. The molecule has 1 saturated carbocycles. The van der Waals surface area contributed by atoms with E-state index in [1.165, 1.54) is 24.2 Å². The van der Waals surface area contributed by atoms with Gasteiger partial charge in [-0.1, -0.05) is 0 Å². The van der Waals surface area contributed by atoms with Gasteiger partial charge in [0.05, 0.1) is 0 Å². The largest absolute Gasteiger partial charge is 0.453 e. The molecule has 76 valence electrons. The Morgan fingerprint density at radius 1 is 1.43 bits per heavy atom. The molecular formula is C11H14BrNO. The average Bonchev–Trinajstić information content (AvgIpc) is 2.78. The highest BCUT2D eigenvalue weighted by molar-refractivity contribution is 9.10. The van der Waals surface area contributed by atoms with Gasteiger partial charge < -0.3 is 9.73 Å². The zero-order chi connectivity index (χ0) is 9.97. The van der Waals surface area contributed by atoms with Crippen molar-refractivity contribution in [1.29, 1.82) is 0 Å². The van der Waals surface area contributed by atoms with Crippen molar-refractivity contribution in [2.45, 2.75) is 37.6 Å². The molecular weight excluding hydrogens is 242 g/mol. The molecule has 2 nitrogen and oxygen atoms in total. The molecule has 1 spiro atoms. The van der Waals surface area contributed by atoms with Gasteiger partial charge >= 0.3 is 0 Å². The molecule has 14 heavy (non-hydrogen) atoms. The summed E-state index contributed by atoms with van der Waals surface area (Å²) in [6.07, 6.45) is 2.53. The molecule has 0 saturated heterocycles. The average molecular weight is 256 g/mol. The number of nitrogens with one attached hydrogen (secondary N) is 1.